The minimum Gasteiger partial charge on any atom is -0.394 e. The number of hydrogen-bond acceptors (Lipinski definition) is 10. The van der Waals surface area contributed by atoms with E-state index in [0.29, 0.717) is 6.42 Å². The van der Waals surface area contributed by atoms with Gasteiger partial charge in [-0.3, -0.25) is 9.35 Å². The number of aliphatic hydroxyl groups excluding tert-OH is 4. The second-order valence-electron chi connectivity index (χ2n) is 17.4. The minimum absolute atomic E-state index is 0.259. The molecule has 7 unspecified atom stereocenters. The Morgan fingerprint density at radius 3 is 1.45 bits per heavy atom. The predicted octanol–water partition coefficient (Wildman–Crippen LogP) is 9.94. The van der Waals surface area contributed by atoms with Gasteiger partial charge in [0.1, 0.15) is 24.4 Å². The first-order valence-electron chi connectivity index (χ1n) is 24.6. The van der Waals surface area contributed by atoms with Crippen molar-refractivity contribution in [1.82, 2.24) is 5.32 Å². The molecule has 1 saturated heterocycles. The van der Waals surface area contributed by atoms with Crippen LogP contribution < -0.4 is 5.32 Å². The van der Waals surface area contributed by atoms with Crippen molar-refractivity contribution < 1.29 is 51.8 Å². The van der Waals surface area contributed by atoms with Crippen LogP contribution in [0.1, 0.15) is 226 Å². The maximum absolute atomic E-state index is 13.0. The first-order valence-corrected chi connectivity index (χ1v) is 25.9. The van der Waals surface area contributed by atoms with E-state index in [9.17, 15) is 38.2 Å². The van der Waals surface area contributed by atoms with Crippen molar-refractivity contribution in [2.45, 2.75) is 269 Å². The molecule has 0 spiro atoms. The molecule has 1 heterocycles. The lowest BCUT2D eigenvalue weighted by Gasteiger charge is -2.41. The smallest absolute Gasteiger partial charge is 0.394 e. The fraction of sp³-hybridized carbons (Fsp3) is 0.936. The van der Waals surface area contributed by atoms with Gasteiger partial charge in [0.05, 0.1) is 25.4 Å². The first-order chi connectivity index (χ1) is 29.0. The molecule has 1 fully saturated rings. The Bertz CT molecular complexity index is 1130. The number of hydrogen-bond donors (Lipinski definition) is 6. The third kappa shape index (κ3) is 30.8. The number of allylic oxidation sites excluding steroid dienone is 1. The molecule has 0 aromatic rings. The van der Waals surface area contributed by atoms with Gasteiger partial charge in [0.15, 0.2) is 6.29 Å². The molecule has 7 atom stereocenters. The van der Waals surface area contributed by atoms with Gasteiger partial charge in [-0.2, -0.15) is 8.42 Å². The normalized spacial score (nSPS) is 20.8. The molecule has 1 rings (SSSR count). The maximum Gasteiger partial charge on any atom is 0.397 e. The molecule has 60 heavy (non-hydrogen) atoms. The zero-order valence-electron chi connectivity index (χ0n) is 38.0. The lowest BCUT2D eigenvalue weighted by Crippen LogP contribution is -2.61. The summed E-state index contributed by atoms with van der Waals surface area (Å²) < 4.78 is 47.6. The molecule has 0 bridgehead atoms. The summed E-state index contributed by atoms with van der Waals surface area (Å²) in [7, 11) is -5.08. The highest BCUT2D eigenvalue weighted by Crippen LogP contribution is 2.26. The fourth-order valence-electron chi connectivity index (χ4n) is 7.98. The van der Waals surface area contributed by atoms with Crippen molar-refractivity contribution >= 4 is 16.3 Å². The van der Waals surface area contributed by atoms with Crippen LogP contribution in [0.25, 0.3) is 0 Å². The van der Waals surface area contributed by atoms with Crippen LogP contribution in [0.15, 0.2) is 12.2 Å². The fourth-order valence-corrected chi connectivity index (χ4v) is 8.49. The number of carbonyl (C=O) groups is 1. The quantitative estimate of drug-likeness (QED) is 0.0194. The van der Waals surface area contributed by atoms with Crippen molar-refractivity contribution in [2.75, 3.05) is 13.2 Å². The van der Waals surface area contributed by atoms with Crippen molar-refractivity contribution in [2.24, 2.45) is 0 Å². The van der Waals surface area contributed by atoms with E-state index in [0.717, 1.165) is 38.5 Å². The van der Waals surface area contributed by atoms with Gasteiger partial charge in [-0.1, -0.05) is 212 Å². The van der Waals surface area contributed by atoms with Crippen LogP contribution >= 0.6 is 0 Å². The predicted molar refractivity (Wildman–Crippen MR) is 241 cm³/mol. The van der Waals surface area contributed by atoms with Gasteiger partial charge in [0.25, 0.3) is 0 Å². The minimum atomic E-state index is -5.08. The van der Waals surface area contributed by atoms with Gasteiger partial charge >= 0.3 is 10.4 Å². The van der Waals surface area contributed by atoms with Crippen molar-refractivity contribution in [1.29, 1.82) is 0 Å². The van der Waals surface area contributed by atoms with Crippen LogP contribution in [0.4, 0.5) is 0 Å². The molecule has 1 aliphatic heterocycles. The number of carbonyl (C=O) groups excluding carboxylic acids is 1. The van der Waals surface area contributed by atoms with Gasteiger partial charge < -0.3 is 35.2 Å². The largest absolute Gasteiger partial charge is 0.397 e. The molecule has 1 amide bonds. The molecule has 0 aliphatic carbocycles. The Kier molecular flexibility index (Phi) is 36.3. The monoisotopic (exact) mass is 878 g/mol. The molecule has 13 heteroatoms. The summed E-state index contributed by atoms with van der Waals surface area (Å²) in [6.45, 7) is 3.40. The average Bonchev–Trinajstić information content (AvgIpc) is 3.22. The van der Waals surface area contributed by atoms with Gasteiger partial charge in [0.2, 0.25) is 5.91 Å². The zero-order chi connectivity index (χ0) is 44.1. The summed E-state index contributed by atoms with van der Waals surface area (Å²) in [5.74, 6) is -0.259. The number of aliphatic hydroxyl groups is 4. The number of ether oxygens (including phenoxy) is 2. The van der Waals surface area contributed by atoms with E-state index in [2.05, 4.69) is 23.3 Å². The second kappa shape index (κ2) is 38.3. The highest BCUT2D eigenvalue weighted by Gasteiger charge is 2.48. The zero-order valence-corrected chi connectivity index (χ0v) is 38.9. The third-order valence-corrected chi connectivity index (χ3v) is 12.3. The number of unbranched alkanes of at least 4 members (excludes halogenated alkanes) is 30. The highest BCUT2D eigenvalue weighted by molar-refractivity contribution is 7.80. The molecule has 356 valence electrons. The topological polar surface area (TPSA) is 192 Å². The Hall–Kier alpha value is -1.16. The van der Waals surface area contributed by atoms with E-state index in [4.69, 9.17) is 9.47 Å². The van der Waals surface area contributed by atoms with Crippen LogP contribution in [0.2, 0.25) is 0 Å². The Labute approximate surface area is 366 Å². The summed E-state index contributed by atoms with van der Waals surface area (Å²) >= 11 is 0. The van der Waals surface area contributed by atoms with Crippen LogP contribution in [-0.2, 0) is 28.9 Å². The summed E-state index contributed by atoms with van der Waals surface area (Å²) in [5, 5.41) is 44.7. The van der Waals surface area contributed by atoms with E-state index in [1.807, 2.05) is 6.08 Å². The molecule has 6 N–H and O–H groups in total. The Balaban J connectivity index is 2.44. The van der Waals surface area contributed by atoms with Gasteiger partial charge in [-0.05, 0) is 19.3 Å². The first kappa shape index (κ1) is 56.9. The number of amides is 1. The summed E-state index contributed by atoms with van der Waals surface area (Å²) in [6, 6.07) is -0.938. The van der Waals surface area contributed by atoms with Crippen LogP contribution in [0.5, 0.6) is 0 Å². The number of rotatable bonds is 42. The van der Waals surface area contributed by atoms with E-state index in [1.54, 1.807) is 6.08 Å². The van der Waals surface area contributed by atoms with Gasteiger partial charge in [-0.25, -0.2) is 4.18 Å². The lowest BCUT2D eigenvalue weighted by atomic mass is 9.99. The van der Waals surface area contributed by atoms with Crippen LogP contribution in [0.3, 0.4) is 0 Å². The molecule has 0 aromatic heterocycles. The average molecular weight is 878 g/mol. The van der Waals surface area contributed by atoms with E-state index < -0.39 is 59.9 Å². The van der Waals surface area contributed by atoms with Gasteiger partial charge in [0, 0.05) is 6.42 Å². The molecule has 12 nitrogen and oxygen atoms in total. The molecule has 0 saturated carbocycles. The highest BCUT2D eigenvalue weighted by atomic mass is 32.3. The molecule has 1 aliphatic rings. The SMILES string of the molecule is CCCCCCCCCCCCC/C=C/C(O)C(COC1OC(CO)C(O)C(OS(=O)(=O)O)C1O)NC(=O)CCCCCCCCCCCCCCCCCCCCCC. The standard InChI is InChI=1S/C47H91NO11S/c1-3-5-7-9-11-13-15-17-18-19-20-21-22-23-25-27-29-31-33-35-37-43(51)48-40(41(50)36-34-32-30-28-26-24-16-14-12-10-8-6-4-2)39-57-47-45(53)46(59-60(54,55)56)44(52)42(38-49)58-47/h34,36,40-42,44-47,49-50,52-53H,3-33,35,37-39H2,1-2H3,(H,48,51)(H,54,55,56)/b36-34+. The van der Waals surface area contributed by atoms with Crippen LogP contribution in [0, 0.1) is 0 Å². The van der Waals surface area contributed by atoms with Crippen molar-refractivity contribution in [3.05, 3.63) is 12.2 Å². The third-order valence-electron chi connectivity index (χ3n) is 11.8. The molecule has 0 radical (unpaired) electrons. The molecule has 0 aromatic carbocycles. The Morgan fingerprint density at radius 2 is 1.05 bits per heavy atom. The van der Waals surface area contributed by atoms with E-state index in [1.165, 1.54) is 161 Å². The van der Waals surface area contributed by atoms with Crippen molar-refractivity contribution in [3.8, 4) is 0 Å². The van der Waals surface area contributed by atoms with Gasteiger partial charge in [-0.15, -0.1) is 0 Å². The summed E-state index contributed by atoms with van der Waals surface area (Å²) in [6.07, 6.45) is 33.9. The number of nitrogens with one attached hydrogen (secondary N) is 1. The lowest BCUT2D eigenvalue weighted by molar-refractivity contribution is -0.298. The summed E-state index contributed by atoms with van der Waals surface area (Å²) in [4.78, 5) is 13.0. The Morgan fingerprint density at radius 1 is 0.650 bits per heavy atom. The summed E-state index contributed by atoms with van der Waals surface area (Å²) in [5.41, 5.74) is 0. The molecular weight excluding hydrogens is 787 g/mol. The molecular formula is C47H91NO11S. The second-order valence-corrected chi connectivity index (χ2v) is 18.5. The van der Waals surface area contributed by atoms with Crippen molar-refractivity contribution in [3.63, 3.8) is 0 Å². The van der Waals surface area contributed by atoms with E-state index in [-0.39, 0.29) is 18.9 Å². The maximum atomic E-state index is 13.0. The van der Waals surface area contributed by atoms with Crippen LogP contribution in [-0.4, -0.2) is 95.4 Å². The van der Waals surface area contributed by atoms with E-state index >= 15 is 0 Å².